The summed E-state index contributed by atoms with van der Waals surface area (Å²) < 4.78 is 16.3. The molecule has 0 spiro atoms. The van der Waals surface area contributed by atoms with Crippen molar-refractivity contribution in [2.45, 2.75) is 19.4 Å². The summed E-state index contributed by atoms with van der Waals surface area (Å²) in [6, 6.07) is 7.72. The first-order valence-corrected chi connectivity index (χ1v) is 8.87. The lowest BCUT2D eigenvalue weighted by atomic mass is 9.98. The number of hydrogen-bond donors (Lipinski definition) is 2. The number of hydrogen-bond acceptors (Lipinski definition) is 5. The van der Waals surface area contributed by atoms with Gasteiger partial charge in [-0.2, -0.15) is 0 Å². The van der Waals surface area contributed by atoms with Gasteiger partial charge in [0.05, 0.1) is 23.1 Å². The molecule has 4 aromatic rings. The largest absolute Gasteiger partial charge is 0.384 e. The molecule has 0 saturated heterocycles. The van der Waals surface area contributed by atoms with Crippen LogP contribution in [0.4, 0.5) is 4.39 Å². The van der Waals surface area contributed by atoms with Crippen LogP contribution in [0, 0.1) is 5.82 Å². The van der Waals surface area contributed by atoms with Crippen molar-refractivity contribution in [2.24, 2.45) is 5.73 Å². The number of pyridine rings is 1. The highest BCUT2D eigenvalue weighted by Gasteiger charge is 2.20. The molecule has 0 fully saturated rings. The van der Waals surface area contributed by atoms with E-state index in [1.54, 1.807) is 48.8 Å². The van der Waals surface area contributed by atoms with Crippen LogP contribution in [0.3, 0.4) is 0 Å². The van der Waals surface area contributed by atoms with Gasteiger partial charge in [-0.25, -0.2) is 14.4 Å². The van der Waals surface area contributed by atoms with E-state index in [-0.39, 0.29) is 11.1 Å². The summed E-state index contributed by atoms with van der Waals surface area (Å²) in [4.78, 5) is 24.4. The Kier molecular flexibility index (Phi) is 4.35. The molecule has 0 bridgehead atoms. The molecule has 7 nitrogen and oxygen atoms in total. The fraction of sp³-hybridized carbons (Fsp3) is 0.143. The maximum Gasteiger partial charge on any atom is 0.249 e. The lowest BCUT2D eigenvalue weighted by Gasteiger charge is -2.16. The predicted molar refractivity (Wildman–Crippen MR) is 105 cm³/mol. The maximum atomic E-state index is 14.6. The molecule has 0 saturated carbocycles. The Morgan fingerprint density at radius 2 is 1.97 bits per heavy atom. The van der Waals surface area contributed by atoms with Gasteiger partial charge in [0.1, 0.15) is 11.4 Å². The van der Waals surface area contributed by atoms with E-state index in [0.717, 1.165) is 0 Å². The third-order valence-electron chi connectivity index (χ3n) is 4.64. The van der Waals surface area contributed by atoms with Gasteiger partial charge in [-0.3, -0.25) is 14.2 Å². The molecule has 29 heavy (non-hydrogen) atoms. The van der Waals surface area contributed by atoms with Crippen molar-refractivity contribution >= 4 is 11.7 Å². The van der Waals surface area contributed by atoms with Gasteiger partial charge in [-0.1, -0.05) is 0 Å². The molecule has 0 aliphatic carbocycles. The SMILES string of the molecule is CC(C)(O)c1ccn2c(-c3ccc(F)c(-c4cnccc4C(N)=O)c3)cnc2n1. The van der Waals surface area contributed by atoms with Crippen LogP contribution in [0.25, 0.3) is 28.2 Å². The van der Waals surface area contributed by atoms with E-state index >= 15 is 0 Å². The average Bonchev–Trinajstić information content (AvgIpc) is 3.11. The monoisotopic (exact) mass is 391 g/mol. The quantitative estimate of drug-likeness (QED) is 0.556. The van der Waals surface area contributed by atoms with E-state index in [4.69, 9.17) is 5.73 Å². The fourth-order valence-electron chi connectivity index (χ4n) is 3.14. The van der Waals surface area contributed by atoms with Gasteiger partial charge in [0.15, 0.2) is 0 Å². The summed E-state index contributed by atoms with van der Waals surface area (Å²) in [6.07, 6.45) is 6.21. The lowest BCUT2D eigenvalue weighted by molar-refractivity contribution is 0.0739. The van der Waals surface area contributed by atoms with Gasteiger partial charge >= 0.3 is 0 Å². The standard InChI is InChI=1S/C21H18FN5O2/c1-21(2,29)18-6-8-27-17(11-25-20(27)26-18)12-3-4-16(22)14(9-12)15-10-24-7-5-13(15)19(23)28/h3-11,29H,1-2H3,(H2,23,28). The molecule has 0 unspecified atom stereocenters. The summed E-state index contributed by atoms with van der Waals surface area (Å²) in [5.74, 6) is -0.754. The summed E-state index contributed by atoms with van der Waals surface area (Å²) in [5.41, 5.74) is 6.88. The Bertz CT molecular complexity index is 1240. The van der Waals surface area contributed by atoms with E-state index in [1.165, 1.54) is 24.5 Å². The van der Waals surface area contributed by atoms with Gasteiger partial charge in [0, 0.05) is 35.3 Å². The molecule has 0 radical (unpaired) electrons. The summed E-state index contributed by atoms with van der Waals surface area (Å²) in [5, 5.41) is 10.2. The van der Waals surface area contributed by atoms with Crippen LogP contribution in [0.15, 0.2) is 55.1 Å². The zero-order chi connectivity index (χ0) is 20.8. The zero-order valence-electron chi connectivity index (χ0n) is 15.8. The summed E-state index contributed by atoms with van der Waals surface area (Å²) >= 11 is 0. The molecule has 146 valence electrons. The first kappa shape index (κ1) is 18.7. The Morgan fingerprint density at radius 1 is 1.17 bits per heavy atom. The second-order valence-electron chi connectivity index (χ2n) is 7.17. The van der Waals surface area contributed by atoms with E-state index in [1.807, 2.05) is 0 Å². The first-order chi connectivity index (χ1) is 13.8. The number of fused-ring (bicyclic) bond motifs is 1. The minimum Gasteiger partial charge on any atom is -0.384 e. The maximum absolute atomic E-state index is 14.6. The van der Waals surface area contributed by atoms with Crippen molar-refractivity contribution in [3.05, 3.63) is 72.2 Å². The number of imidazole rings is 1. The normalized spacial score (nSPS) is 11.7. The highest BCUT2D eigenvalue weighted by Crippen LogP contribution is 2.31. The third-order valence-corrected chi connectivity index (χ3v) is 4.64. The molecule has 8 heteroatoms. The highest BCUT2D eigenvalue weighted by atomic mass is 19.1. The Labute approximate surface area is 165 Å². The van der Waals surface area contributed by atoms with Crippen LogP contribution in [0.1, 0.15) is 29.9 Å². The topological polar surface area (TPSA) is 106 Å². The molecule has 0 aliphatic rings. The molecular formula is C21H18FN5O2. The molecule has 0 atom stereocenters. The number of benzene rings is 1. The van der Waals surface area contributed by atoms with Gasteiger partial charge < -0.3 is 10.8 Å². The van der Waals surface area contributed by atoms with Crippen molar-refractivity contribution < 1.29 is 14.3 Å². The van der Waals surface area contributed by atoms with Crippen LogP contribution >= 0.6 is 0 Å². The smallest absolute Gasteiger partial charge is 0.249 e. The number of rotatable bonds is 4. The van der Waals surface area contributed by atoms with E-state index in [9.17, 15) is 14.3 Å². The summed E-state index contributed by atoms with van der Waals surface area (Å²) in [6.45, 7) is 3.29. The number of carbonyl (C=O) groups excluding carboxylic acids is 1. The molecule has 3 aromatic heterocycles. The van der Waals surface area contributed by atoms with Gasteiger partial charge in [-0.15, -0.1) is 0 Å². The average molecular weight is 391 g/mol. The number of nitrogens with zero attached hydrogens (tertiary/aromatic N) is 4. The first-order valence-electron chi connectivity index (χ1n) is 8.87. The number of amides is 1. The van der Waals surface area contributed by atoms with Gasteiger partial charge in [0.25, 0.3) is 0 Å². The number of primary amides is 1. The number of aromatic nitrogens is 4. The fourth-order valence-corrected chi connectivity index (χ4v) is 3.14. The molecule has 4 rings (SSSR count). The third kappa shape index (κ3) is 3.34. The number of aliphatic hydroxyl groups is 1. The highest BCUT2D eigenvalue weighted by molar-refractivity contribution is 5.99. The van der Waals surface area contributed by atoms with Crippen molar-refractivity contribution in [3.63, 3.8) is 0 Å². The minimum atomic E-state index is -1.09. The van der Waals surface area contributed by atoms with Crippen LogP contribution < -0.4 is 5.73 Å². The van der Waals surface area contributed by atoms with Crippen LogP contribution in [0.5, 0.6) is 0 Å². The molecule has 3 heterocycles. The second kappa shape index (κ2) is 6.75. The van der Waals surface area contributed by atoms with Crippen molar-refractivity contribution in [1.82, 2.24) is 19.4 Å². The van der Waals surface area contributed by atoms with Crippen LogP contribution in [-0.4, -0.2) is 30.4 Å². The Morgan fingerprint density at radius 3 is 2.69 bits per heavy atom. The van der Waals surface area contributed by atoms with E-state index in [2.05, 4.69) is 15.0 Å². The summed E-state index contributed by atoms with van der Waals surface area (Å²) in [7, 11) is 0. The van der Waals surface area contributed by atoms with Crippen molar-refractivity contribution in [3.8, 4) is 22.4 Å². The lowest BCUT2D eigenvalue weighted by Crippen LogP contribution is -2.18. The van der Waals surface area contributed by atoms with E-state index in [0.29, 0.717) is 28.3 Å². The second-order valence-corrected chi connectivity index (χ2v) is 7.17. The number of nitrogens with two attached hydrogens (primary N) is 1. The van der Waals surface area contributed by atoms with Gasteiger partial charge in [0.2, 0.25) is 11.7 Å². The minimum absolute atomic E-state index is 0.186. The van der Waals surface area contributed by atoms with Gasteiger partial charge in [-0.05, 0) is 44.2 Å². The number of halogens is 1. The van der Waals surface area contributed by atoms with Crippen LogP contribution in [0.2, 0.25) is 0 Å². The molecular weight excluding hydrogens is 373 g/mol. The molecule has 1 aromatic carbocycles. The molecule has 1 amide bonds. The zero-order valence-corrected chi connectivity index (χ0v) is 15.8. The number of carbonyl (C=O) groups is 1. The molecule has 0 aliphatic heterocycles. The van der Waals surface area contributed by atoms with Crippen molar-refractivity contribution in [2.75, 3.05) is 0 Å². The predicted octanol–water partition coefficient (Wildman–Crippen LogP) is 2.92. The van der Waals surface area contributed by atoms with Crippen molar-refractivity contribution in [1.29, 1.82) is 0 Å². The Balaban J connectivity index is 1.86. The Hall–Kier alpha value is -3.65. The molecule has 3 N–H and O–H groups in total. The van der Waals surface area contributed by atoms with Crippen LogP contribution in [-0.2, 0) is 5.60 Å². The van der Waals surface area contributed by atoms with E-state index < -0.39 is 17.3 Å².